The van der Waals surface area contributed by atoms with Crippen molar-refractivity contribution in [1.29, 1.82) is 0 Å². The minimum Gasteiger partial charge on any atom is -0.330 e. The Morgan fingerprint density at radius 2 is 2.12 bits per heavy atom. The number of para-hydroxylation sites is 1. The molecule has 0 saturated heterocycles. The third-order valence-corrected chi connectivity index (χ3v) is 3.51. The quantitative estimate of drug-likeness (QED) is 0.855. The molecule has 1 aliphatic carbocycles. The van der Waals surface area contributed by atoms with E-state index in [0.717, 1.165) is 12.1 Å². The van der Waals surface area contributed by atoms with Crippen LogP contribution in [0.1, 0.15) is 30.0 Å². The van der Waals surface area contributed by atoms with Crippen LogP contribution in [0.15, 0.2) is 36.5 Å². The molecule has 1 aromatic carbocycles. The van der Waals surface area contributed by atoms with Crippen molar-refractivity contribution in [3.63, 3.8) is 0 Å². The molecule has 1 aromatic heterocycles. The number of aromatic nitrogens is 2. The van der Waals surface area contributed by atoms with Crippen molar-refractivity contribution < 1.29 is 0 Å². The van der Waals surface area contributed by atoms with Crippen LogP contribution in [0.3, 0.4) is 0 Å². The van der Waals surface area contributed by atoms with Crippen molar-refractivity contribution in [2.75, 3.05) is 6.54 Å². The first kappa shape index (κ1) is 10.5. The van der Waals surface area contributed by atoms with Crippen molar-refractivity contribution in [3.05, 3.63) is 47.8 Å². The Bertz CT molecular complexity index is 501. The molecule has 17 heavy (non-hydrogen) atoms. The summed E-state index contributed by atoms with van der Waals surface area (Å²) in [6.45, 7) is 0.707. The predicted molar refractivity (Wildman–Crippen MR) is 68.3 cm³/mol. The maximum atomic E-state index is 5.82. The second-order valence-corrected chi connectivity index (χ2v) is 4.64. The van der Waals surface area contributed by atoms with E-state index in [9.17, 15) is 0 Å². The largest absolute Gasteiger partial charge is 0.330 e. The molecule has 1 atom stereocenters. The van der Waals surface area contributed by atoms with Gasteiger partial charge in [-0.05, 0) is 37.0 Å². The molecule has 0 spiro atoms. The van der Waals surface area contributed by atoms with Gasteiger partial charge in [0, 0.05) is 18.7 Å². The summed E-state index contributed by atoms with van der Waals surface area (Å²) >= 11 is 0. The first-order chi connectivity index (χ1) is 8.38. The summed E-state index contributed by atoms with van der Waals surface area (Å²) in [5.41, 5.74) is 9.52. The summed E-state index contributed by atoms with van der Waals surface area (Å²) in [6.07, 6.45) is 5.70. The summed E-state index contributed by atoms with van der Waals surface area (Å²) in [6, 6.07) is 10.3. The molecule has 1 aliphatic rings. The number of hydrogen-bond donors (Lipinski definition) is 1. The number of benzene rings is 1. The Kier molecular flexibility index (Phi) is 2.69. The van der Waals surface area contributed by atoms with Crippen LogP contribution in [-0.2, 0) is 6.42 Å². The molecule has 3 rings (SSSR count). The summed E-state index contributed by atoms with van der Waals surface area (Å²) in [5.74, 6) is 0.448. The van der Waals surface area contributed by atoms with Crippen LogP contribution < -0.4 is 5.73 Å². The zero-order valence-corrected chi connectivity index (χ0v) is 9.84. The predicted octanol–water partition coefficient (Wildman–Crippen LogP) is 2.25. The fourth-order valence-electron chi connectivity index (χ4n) is 2.58. The molecule has 1 unspecified atom stereocenters. The molecular weight excluding hydrogens is 210 g/mol. The van der Waals surface area contributed by atoms with Gasteiger partial charge >= 0.3 is 0 Å². The van der Waals surface area contributed by atoms with E-state index in [1.165, 1.54) is 24.1 Å². The van der Waals surface area contributed by atoms with Gasteiger partial charge < -0.3 is 5.73 Å². The fraction of sp³-hybridized carbons (Fsp3) is 0.357. The van der Waals surface area contributed by atoms with Crippen LogP contribution in [0, 0.1) is 0 Å². The molecular formula is C14H17N3. The average Bonchev–Trinajstić information content (AvgIpc) is 2.83. The van der Waals surface area contributed by atoms with Gasteiger partial charge in [0.2, 0.25) is 0 Å². The number of nitrogens with two attached hydrogens (primary N) is 1. The van der Waals surface area contributed by atoms with Gasteiger partial charge in [0.15, 0.2) is 0 Å². The molecule has 0 radical (unpaired) electrons. The van der Waals surface area contributed by atoms with Crippen molar-refractivity contribution >= 4 is 0 Å². The Morgan fingerprint density at radius 3 is 2.88 bits per heavy atom. The van der Waals surface area contributed by atoms with E-state index in [1.807, 2.05) is 22.9 Å². The normalized spacial score (nSPS) is 19.0. The summed E-state index contributed by atoms with van der Waals surface area (Å²) in [4.78, 5) is 0. The third kappa shape index (κ3) is 1.87. The molecule has 2 N–H and O–H groups in total. The van der Waals surface area contributed by atoms with E-state index in [0.29, 0.717) is 12.5 Å². The number of hydrogen-bond acceptors (Lipinski definition) is 2. The minimum atomic E-state index is 0.448. The van der Waals surface area contributed by atoms with Crippen molar-refractivity contribution in [2.24, 2.45) is 5.73 Å². The smallest absolute Gasteiger partial charge is 0.0704 e. The highest BCUT2D eigenvalue weighted by atomic mass is 15.3. The van der Waals surface area contributed by atoms with Crippen LogP contribution in [0.25, 0.3) is 5.69 Å². The summed E-state index contributed by atoms with van der Waals surface area (Å²) in [5, 5.41) is 4.71. The van der Waals surface area contributed by atoms with E-state index in [1.54, 1.807) is 0 Å². The van der Waals surface area contributed by atoms with Gasteiger partial charge in [0.25, 0.3) is 0 Å². The van der Waals surface area contributed by atoms with Crippen molar-refractivity contribution in [2.45, 2.75) is 25.2 Å². The van der Waals surface area contributed by atoms with Gasteiger partial charge in [-0.15, -0.1) is 0 Å². The van der Waals surface area contributed by atoms with E-state index in [2.05, 4.69) is 18.3 Å². The second-order valence-electron chi connectivity index (χ2n) is 4.64. The Labute approximate surface area is 101 Å². The van der Waals surface area contributed by atoms with Gasteiger partial charge in [0.1, 0.15) is 0 Å². The number of nitrogens with zero attached hydrogens (tertiary/aromatic N) is 2. The van der Waals surface area contributed by atoms with Crippen LogP contribution in [0.5, 0.6) is 0 Å². The van der Waals surface area contributed by atoms with Gasteiger partial charge in [-0.25, -0.2) is 4.68 Å². The molecule has 88 valence electrons. The topological polar surface area (TPSA) is 43.8 Å². The van der Waals surface area contributed by atoms with Crippen LogP contribution in [0.4, 0.5) is 0 Å². The number of aryl methyl sites for hydroxylation is 1. The third-order valence-electron chi connectivity index (χ3n) is 3.51. The molecule has 0 bridgehead atoms. The highest BCUT2D eigenvalue weighted by molar-refractivity contribution is 5.34. The standard InChI is InChI=1S/C14H17N3/c15-9-11-5-4-6-12-10-17(16-14(11)12)13-7-2-1-3-8-13/h1-3,7-8,10-11H,4-6,9,15H2. The monoisotopic (exact) mass is 227 g/mol. The highest BCUT2D eigenvalue weighted by Gasteiger charge is 2.22. The van der Waals surface area contributed by atoms with E-state index in [4.69, 9.17) is 10.8 Å². The Morgan fingerprint density at radius 1 is 1.29 bits per heavy atom. The molecule has 3 heteroatoms. The molecule has 3 nitrogen and oxygen atoms in total. The SMILES string of the molecule is NCC1CCCc2cn(-c3ccccc3)nc21. The first-order valence-electron chi connectivity index (χ1n) is 6.22. The summed E-state index contributed by atoms with van der Waals surface area (Å²) < 4.78 is 1.98. The number of fused-ring (bicyclic) bond motifs is 1. The molecule has 0 amide bonds. The Balaban J connectivity index is 2.02. The van der Waals surface area contributed by atoms with Crippen molar-refractivity contribution in [3.8, 4) is 5.69 Å². The van der Waals surface area contributed by atoms with Crippen molar-refractivity contribution in [1.82, 2.24) is 9.78 Å². The minimum absolute atomic E-state index is 0.448. The van der Waals surface area contributed by atoms with E-state index < -0.39 is 0 Å². The van der Waals surface area contributed by atoms with Gasteiger partial charge in [-0.1, -0.05) is 18.2 Å². The lowest BCUT2D eigenvalue weighted by Crippen LogP contribution is -2.18. The van der Waals surface area contributed by atoms with Gasteiger partial charge in [-0.2, -0.15) is 5.10 Å². The van der Waals surface area contributed by atoms with Crippen LogP contribution in [0.2, 0.25) is 0 Å². The molecule has 0 saturated carbocycles. The zero-order valence-electron chi connectivity index (χ0n) is 9.84. The maximum Gasteiger partial charge on any atom is 0.0704 e. The average molecular weight is 227 g/mol. The van der Waals surface area contributed by atoms with Crippen LogP contribution >= 0.6 is 0 Å². The molecule has 0 fully saturated rings. The molecule has 2 aromatic rings. The summed E-state index contributed by atoms with van der Waals surface area (Å²) in [7, 11) is 0. The molecule has 0 aliphatic heterocycles. The van der Waals surface area contributed by atoms with Gasteiger partial charge in [-0.3, -0.25) is 0 Å². The molecule has 1 heterocycles. The lowest BCUT2D eigenvalue weighted by molar-refractivity contribution is 0.547. The second kappa shape index (κ2) is 4.34. The van der Waals surface area contributed by atoms with Crippen LogP contribution in [-0.4, -0.2) is 16.3 Å². The zero-order chi connectivity index (χ0) is 11.7. The fourth-order valence-corrected chi connectivity index (χ4v) is 2.58. The van der Waals surface area contributed by atoms with E-state index in [-0.39, 0.29) is 0 Å². The lowest BCUT2D eigenvalue weighted by atomic mass is 9.88. The van der Waals surface area contributed by atoms with Gasteiger partial charge in [0.05, 0.1) is 11.4 Å². The van der Waals surface area contributed by atoms with E-state index >= 15 is 0 Å². The first-order valence-corrected chi connectivity index (χ1v) is 6.22. The lowest BCUT2D eigenvalue weighted by Gasteiger charge is -2.18. The maximum absolute atomic E-state index is 5.82. The number of rotatable bonds is 2. The highest BCUT2D eigenvalue weighted by Crippen LogP contribution is 2.30. The Hall–Kier alpha value is -1.61.